The molecule has 98 valence electrons. The monoisotopic (exact) mass is 238 g/mol. The second-order valence-electron chi connectivity index (χ2n) is 6.98. The van der Waals surface area contributed by atoms with Crippen LogP contribution >= 0.6 is 0 Å². The number of aliphatic hydroxyl groups excluding tert-OH is 1. The van der Waals surface area contributed by atoms with Gasteiger partial charge in [-0.3, -0.25) is 0 Å². The first-order valence-electron chi connectivity index (χ1n) is 7.73. The summed E-state index contributed by atoms with van der Waals surface area (Å²) in [5.41, 5.74) is 0. The maximum atomic E-state index is 10.5. The summed E-state index contributed by atoms with van der Waals surface area (Å²) in [6.45, 7) is 2.72. The Labute approximate surface area is 106 Å². The zero-order chi connectivity index (χ0) is 11.9. The molecule has 0 aromatic carbocycles. The molecule has 0 amide bonds. The van der Waals surface area contributed by atoms with Crippen LogP contribution in [0.4, 0.5) is 0 Å². The van der Waals surface area contributed by atoms with Gasteiger partial charge in [-0.2, -0.15) is 0 Å². The van der Waals surface area contributed by atoms with Gasteiger partial charge < -0.3 is 9.59 Å². The average molecular weight is 238 g/mol. The lowest BCUT2D eigenvalue weighted by molar-refractivity contribution is -0.943. The first-order valence-corrected chi connectivity index (χ1v) is 7.73. The van der Waals surface area contributed by atoms with Gasteiger partial charge in [-0.1, -0.05) is 6.42 Å². The fourth-order valence-electron chi connectivity index (χ4n) is 4.98. The van der Waals surface area contributed by atoms with E-state index in [1.807, 2.05) is 0 Å². The van der Waals surface area contributed by atoms with Crippen LogP contribution in [-0.2, 0) is 0 Å². The van der Waals surface area contributed by atoms with Crippen LogP contribution in [0.1, 0.15) is 51.4 Å². The van der Waals surface area contributed by atoms with E-state index in [-0.39, 0.29) is 6.10 Å². The quantitative estimate of drug-likeness (QED) is 0.696. The topological polar surface area (TPSA) is 20.2 Å². The Balaban J connectivity index is 1.77. The number of nitrogens with zero attached hydrogens (tertiary/aromatic N) is 1. The van der Waals surface area contributed by atoms with Crippen LogP contribution < -0.4 is 0 Å². The molecule has 2 saturated carbocycles. The molecule has 2 nitrogen and oxygen atoms in total. The zero-order valence-corrected chi connectivity index (χ0v) is 11.3. The molecule has 3 aliphatic rings. The first kappa shape index (κ1) is 12.0. The van der Waals surface area contributed by atoms with Gasteiger partial charge in [-0.05, 0) is 44.4 Å². The van der Waals surface area contributed by atoms with Gasteiger partial charge in [-0.25, -0.2) is 0 Å². The molecule has 0 aromatic heterocycles. The highest BCUT2D eigenvalue weighted by Crippen LogP contribution is 2.44. The molecule has 2 bridgehead atoms. The minimum atomic E-state index is 0.0272. The van der Waals surface area contributed by atoms with E-state index in [1.54, 1.807) is 0 Å². The van der Waals surface area contributed by atoms with Gasteiger partial charge in [-0.15, -0.1) is 0 Å². The molecule has 4 atom stereocenters. The van der Waals surface area contributed by atoms with E-state index in [9.17, 15) is 5.11 Å². The summed E-state index contributed by atoms with van der Waals surface area (Å²) in [5, 5.41) is 10.5. The van der Waals surface area contributed by atoms with Crippen molar-refractivity contribution in [3.63, 3.8) is 0 Å². The number of likely N-dealkylation sites (tertiary alicyclic amines) is 1. The zero-order valence-electron chi connectivity index (χ0n) is 11.3. The molecule has 1 saturated heterocycles. The minimum Gasteiger partial charge on any atom is -0.392 e. The smallest absolute Gasteiger partial charge is 0.0941 e. The summed E-state index contributed by atoms with van der Waals surface area (Å²) < 4.78 is 1.27. The Bertz CT molecular complexity index is 272. The summed E-state index contributed by atoms with van der Waals surface area (Å²) in [6.07, 6.45) is 10.9. The molecular formula is C15H28NO+. The van der Waals surface area contributed by atoms with Crippen molar-refractivity contribution in [2.75, 3.05) is 20.1 Å². The predicted molar refractivity (Wildman–Crippen MR) is 69.6 cm³/mol. The molecule has 0 aromatic rings. The third-order valence-corrected chi connectivity index (χ3v) is 6.00. The van der Waals surface area contributed by atoms with Crippen LogP contribution in [0.5, 0.6) is 0 Å². The van der Waals surface area contributed by atoms with Crippen molar-refractivity contribution in [1.29, 1.82) is 0 Å². The van der Waals surface area contributed by atoms with Crippen LogP contribution in [0.2, 0.25) is 0 Å². The normalized spacial score (nSPS) is 45.5. The third-order valence-electron chi connectivity index (χ3n) is 6.00. The van der Waals surface area contributed by atoms with E-state index >= 15 is 0 Å². The van der Waals surface area contributed by atoms with Crippen molar-refractivity contribution >= 4 is 0 Å². The van der Waals surface area contributed by atoms with E-state index in [4.69, 9.17) is 0 Å². The lowest BCUT2D eigenvalue weighted by atomic mass is 9.66. The Morgan fingerprint density at radius 2 is 1.65 bits per heavy atom. The minimum absolute atomic E-state index is 0.0272. The SMILES string of the molecule is C[N+]1([C@H]2CC[C@H]3CCC[C@@H]2[C@@H]3O)CCCCC1. The maximum Gasteiger partial charge on any atom is 0.0941 e. The number of quaternary nitrogens is 1. The highest BCUT2D eigenvalue weighted by atomic mass is 16.3. The van der Waals surface area contributed by atoms with Crippen LogP contribution in [-0.4, -0.2) is 41.9 Å². The van der Waals surface area contributed by atoms with Crippen molar-refractivity contribution in [1.82, 2.24) is 0 Å². The largest absolute Gasteiger partial charge is 0.392 e. The average Bonchev–Trinajstić information content (AvgIpc) is 2.29. The third kappa shape index (κ3) is 2.04. The second-order valence-corrected chi connectivity index (χ2v) is 6.98. The van der Waals surface area contributed by atoms with Crippen LogP contribution in [0.25, 0.3) is 0 Å². The Hall–Kier alpha value is -0.0800. The maximum absolute atomic E-state index is 10.5. The van der Waals surface area contributed by atoms with Crippen LogP contribution in [0, 0.1) is 11.8 Å². The fourth-order valence-corrected chi connectivity index (χ4v) is 4.98. The van der Waals surface area contributed by atoms with E-state index < -0.39 is 0 Å². The lowest BCUT2D eigenvalue weighted by Crippen LogP contribution is -2.62. The molecular weight excluding hydrogens is 210 g/mol. The highest BCUT2D eigenvalue weighted by Gasteiger charge is 2.48. The molecule has 1 N–H and O–H groups in total. The fraction of sp³-hybridized carbons (Fsp3) is 1.00. The Morgan fingerprint density at radius 3 is 2.41 bits per heavy atom. The number of rotatable bonds is 1. The van der Waals surface area contributed by atoms with Crippen molar-refractivity contribution in [3.05, 3.63) is 0 Å². The lowest BCUT2D eigenvalue weighted by Gasteiger charge is -2.53. The Kier molecular flexibility index (Phi) is 3.20. The van der Waals surface area contributed by atoms with E-state index in [0.717, 1.165) is 6.04 Å². The van der Waals surface area contributed by atoms with Gasteiger partial charge in [0.15, 0.2) is 0 Å². The van der Waals surface area contributed by atoms with Crippen molar-refractivity contribution in [2.24, 2.45) is 11.8 Å². The number of hydrogen-bond acceptors (Lipinski definition) is 1. The van der Waals surface area contributed by atoms with Gasteiger partial charge in [0.25, 0.3) is 0 Å². The van der Waals surface area contributed by atoms with Crippen molar-refractivity contribution < 1.29 is 9.59 Å². The summed E-state index contributed by atoms with van der Waals surface area (Å²) in [5.74, 6) is 1.26. The predicted octanol–water partition coefficient (Wildman–Crippen LogP) is 2.56. The summed E-state index contributed by atoms with van der Waals surface area (Å²) in [6, 6.07) is 0.766. The number of piperidine rings is 1. The van der Waals surface area contributed by atoms with Crippen LogP contribution in [0.3, 0.4) is 0 Å². The highest BCUT2D eigenvalue weighted by molar-refractivity contribution is 4.92. The molecule has 2 aliphatic carbocycles. The van der Waals surface area contributed by atoms with Gasteiger partial charge >= 0.3 is 0 Å². The molecule has 1 aliphatic heterocycles. The molecule has 3 rings (SSSR count). The summed E-state index contributed by atoms with van der Waals surface area (Å²) in [4.78, 5) is 0. The number of hydrogen-bond donors (Lipinski definition) is 1. The molecule has 17 heavy (non-hydrogen) atoms. The summed E-state index contributed by atoms with van der Waals surface area (Å²) >= 11 is 0. The van der Waals surface area contributed by atoms with Gasteiger partial charge in [0.05, 0.1) is 32.3 Å². The van der Waals surface area contributed by atoms with Gasteiger partial charge in [0, 0.05) is 12.3 Å². The van der Waals surface area contributed by atoms with Crippen molar-refractivity contribution in [2.45, 2.75) is 63.5 Å². The van der Waals surface area contributed by atoms with E-state index in [2.05, 4.69) is 7.05 Å². The molecule has 3 fully saturated rings. The molecule has 2 heteroatoms. The van der Waals surface area contributed by atoms with Crippen LogP contribution in [0.15, 0.2) is 0 Å². The summed E-state index contributed by atoms with van der Waals surface area (Å²) in [7, 11) is 2.46. The first-order chi connectivity index (χ1) is 8.21. The molecule has 0 radical (unpaired) electrons. The molecule has 0 spiro atoms. The van der Waals surface area contributed by atoms with Crippen molar-refractivity contribution in [3.8, 4) is 0 Å². The van der Waals surface area contributed by atoms with E-state index in [1.165, 1.54) is 68.9 Å². The van der Waals surface area contributed by atoms with E-state index in [0.29, 0.717) is 11.8 Å². The number of aliphatic hydroxyl groups is 1. The number of fused-ring (bicyclic) bond motifs is 2. The molecule has 0 unspecified atom stereocenters. The Morgan fingerprint density at radius 1 is 0.882 bits per heavy atom. The van der Waals surface area contributed by atoms with Gasteiger partial charge in [0.1, 0.15) is 0 Å². The van der Waals surface area contributed by atoms with Gasteiger partial charge in [0.2, 0.25) is 0 Å². The molecule has 1 heterocycles. The second kappa shape index (κ2) is 4.55. The standard InChI is InChI=1S/C15H28NO/c1-16(10-3-2-4-11-16)14-9-8-12-6-5-7-13(14)15(12)17/h12-15,17H,2-11H2,1H3/q+1/t12-,13+,14+,15-/m1/s1.